The number of hydrogen-bond donors (Lipinski definition) is 1. The lowest BCUT2D eigenvalue weighted by atomic mass is 10.1. The van der Waals surface area contributed by atoms with Crippen LogP contribution in [-0.4, -0.2) is 60.7 Å². The van der Waals surface area contributed by atoms with Crippen molar-refractivity contribution in [3.63, 3.8) is 0 Å². The van der Waals surface area contributed by atoms with Gasteiger partial charge in [0.25, 0.3) is 11.5 Å². The molecule has 0 radical (unpaired) electrons. The van der Waals surface area contributed by atoms with E-state index < -0.39 is 5.91 Å². The number of ether oxygens (including phenoxy) is 1. The van der Waals surface area contributed by atoms with E-state index in [1.165, 1.54) is 10.5 Å². The average Bonchev–Trinajstić information content (AvgIpc) is 3.46. The number of aryl methyl sites for hydroxylation is 1. The van der Waals surface area contributed by atoms with Crippen molar-refractivity contribution < 1.29 is 9.53 Å². The highest BCUT2D eigenvalue weighted by Crippen LogP contribution is 2.24. The first-order chi connectivity index (χ1) is 18.0. The second kappa shape index (κ2) is 10.8. The van der Waals surface area contributed by atoms with Gasteiger partial charge in [0.1, 0.15) is 23.1 Å². The van der Waals surface area contributed by atoms with Crippen LogP contribution in [0.3, 0.4) is 0 Å². The van der Waals surface area contributed by atoms with Crippen molar-refractivity contribution in [2.24, 2.45) is 0 Å². The van der Waals surface area contributed by atoms with Crippen molar-refractivity contribution in [3.8, 4) is 6.07 Å². The molecule has 1 atom stereocenters. The summed E-state index contributed by atoms with van der Waals surface area (Å²) >= 11 is 0. The molecule has 2 aromatic heterocycles. The van der Waals surface area contributed by atoms with E-state index in [0.29, 0.717) is 37.7 Å². The van der Waals surface area contributed by atoms with Gasteiger partial charge in [0.2, 0.25) is 0 Å². The van der Waals surface area contributed by atoms with Crippen LogP contribution in [0.15, 0.2) is 59.0 Å². The van der Waals surface area contributed by atoms with Gasteiger partial charge < -0.3 is 19.9 Å². The second-order valence-electron chi connectivity index (χ2n) is 9.36. The van der Waals surface area contributed by atoms with Crippen LogP contribution in [0, 0.1) is 18.3 Å². The van der Waals surface area contributed by atoms with Crippen LogP contribution in [0.25, 0.3) is 11.7 Å². The van der Waals surface area contributed by atoms with Crippen LogP contribution in [-0.2, 0) is 9.53 Å². The van der Waals surface area contributed by atoms with E-state index in [4.69, 9.17) is 9.72 Å². The molecule has 0 aliphatic carbocycles. The number of pyridine rings is 1. The maximum absolute atomic E-state index is 13.7. The molecule has 1 amide bonds. The summed E-state index contributed by atoms with van der Waals surface area (Å²) in [6, 6.07) is 15.9. The summed E-state index contributed by atoms with van der Waals surface area (Å²) in [6.45, 7) is 5.74. The van der Waals surface area contributed by atoms with Crippen molar-refractivity contribution in [1.29, 1.82) is 5.26 Å². The van der Waals surface area contributed by atoms with E-state index in [1.807, 2.05) is 37.3 Å². The summed E-state index contributed by atoms with van der Waals surface area (Å²) < 4.78 is 7.04. The second-order valence-corrected chi connectivity index (χ2v) is 9.36. The number of piperazine rings is 1. The number of fused-ring (bicyclic) bond motifs is 1. The fraction of sp³-hybridized carbons (Fsp3) is 0.357. The monoisotopic (exact) mass is 498 g/mol. The Morgan fingerprint density at radius 2 is 1.92 bits per heavy atom. The van der Waals surface area contributed by atoms with Crippen LogP contribution < -0.4 is 20.7 Å². The zero-order valence-corrected chi connectivity index (χ0v) is 20.9. The Bertz CT molecular complexity index is 1410. The molecule has 4 heterocycles. The van der Waals surface area contributed by atoms with Crippen molar-refractivity contribution in [1.82, 2.24) is 14.7 Å². The number of benzene rings is 1. The standard InChI is InChI=1S/C28H30N6O3/c1-20-7-5-11-34-25(20)31-26(33-14-12-32(13-15-33)22-8-3-2-4-9-22)24(28(34)36)17-21(18-29)27(35)30-19-23-10-6-16-37-23/h2-5,7-9,11,17,23H,6,10,12-16,19H2,1H3,(H,30,35)/b21-17+. The zero-order valence-electron chi connectivity index (χ0n) is 20.9. The maximum atomic E-state index is 13.7. The molecule has 1 N–H and O–H groups in total. The summed E-state index contributed by atoms with van der Waals surface area (Å²) in [5.74, 6) is -0.0294. The molecule has 0 bridgehead atoms. The number of amides is 1. The molecule has 1 unspecified atom stereocenters. The van der Waals surface area contributed by atoms with Crippen LogP contribution in [0.5, 0.6) is 0 Å². The molecule has 9 nitrogen and oxygen atoms in total. The SMILES string of the molecule is Cc1cccn2c(=O)c(/C=C(\C#N)C(=O)NCC3CCCO3)c(N3CCN(c4ccccc4)CC3)nc12. The van der Waals surface area contributed by atoms with Gasteiger partial charge in [-0.25, -0.2) is 4.98 Å². The molecular weight excluding hydrogens is 468 g/mol. The Balaban J connectivity index is 1.48. The predicted molar refractivity (Wildman–Crippen MR) is 143 cm³/mol. The number of nitrogens with zero attached hydrogens (tertiary/aromatic N) is 5. The number of rotatable bonds is 6. The molecule has 0 saturated carbocycles. The quantitative estimate of drug-likeness (QED) is 0.412. The van der Waals surface area contributed by atoms with Gasteiger partial charge in [-0.2, -0.15) is 5.26 Å². The first-order valence-corrected chi connectivity index (χ1v) is 12.6. The Kier molecular flexibility index (Phi) is 7.19. The minimum Gasteiger partial charge on any atom is -0.376 e. The van der Waals surface area contributed by atoms with E-state index in [-0.39, 0.29) is 22.8 Å². The highest BCUT2D eigenvalue weighted by atomic mass is 16.5. The normalized spacial score (nSPS) is 18.2. The van der Waals surface area contributed by atoms with Gasteiger partial charge in [0.05, 0.1) is 11.7 Å². The molecule has 0 spiro atoms. The Morgan fingerprint density at radius 3 is 2.62 bits per heavy atom. The number of para-hydroxylation sites is 1. The first-order valence-electron chi connectivity index (χ1n) is 12.6. The lowest BCUT2D eigenvalue weighted by Crippen LogP contribution is -2.47. The topological polar surface area (TPSA) is 103 Å². The number of nitriles is 1. The maximum Gasteiger partial charge on any atom is 0.267 e. The van der Waals surface area contributed by atoms with E-state index >= 15 is 0 Å². The fourth-order valence-corrected chi connectivity index (χ4v) is 4.88. The molecule has 37 heavy (non-hydrogen) atoms. The van der Waals surface area contributed by atoms with Gasteiger partial charge in [-0.05, 0) is 49.6 Å². The van der Waals surface area contributed by atoms with Crippen LogP contribution >= 0.6 is 0 Å². The number of carbonyl (C=O) groups excluding carboxylic acids is 1. The molecule has 9 heteroatoms. The van der Waals surface area contributed by atoms with E-state index in [9.17, 15) is 14.9 Å². The Labute approximate surface area is 215 Å². The van der Waals surface area contributed by atoms with Gasteiger partial charge >= 0.3 is 0 Å². The van der Waals surface area contributed by atoms with Crippen molar-refractivity contribution in [2.45, 2.75) is 25.9 Å². The number of anilines is 2. The van der Waals surface area contributed by atoms with Crippen molar-refractivity contribution in [2.75, 3.05) is 49.1 Å². The first kappa shape index (κ1) is 24.5. The molecule has 1 aromatic carbocycles. The molecule has 5 rings (SSSR count). The van der Waals surface area contributed by atoms with Gasteiger partial charge in [0.15, 0.2) is 0 Å². The molecular formula is C28H30N6O3. The summed E-state index contributed by atoms with van der Waals surface area (Å²) in [4.78, 5) is 35.7. The third-order valence-electron chi connectivity index (χ3n) is 6.93. The van der Waals surface area contributed by atoms with Crippen LogP contribution in [0.4, 0.5) is 11.5 Å². The lowest BCUT2D eigenvalue weighted by molar-refractivity contribution is -0.117. The molecule has 190 valence electrons. The molecule has 2 aliphatic rings. The summed E-state index contributed by atoms with van der Waals surface area (Å²) in [7, 11) is 0. The molecule has 3 aromatic rings. The van der Waals surface area contributed by atoms with Crippen LogP contribution in [0.2, 0.25) is 0 Å². The van der Waals surface area contributed by atoms with Crippen molar-refractivity contribution in [3.05, 3.63) is 75.7 Å². The number of aromatic nitrogens is 2. The smallest absolute Gasteiger partial charge is 0.267 e. The summed E-state index contributed by atoms with van der Waals surface area (Å²) in [5, 5.41) is 12.6. The molecule has 2 fully saturated rings. The van der Waals surface area contributed by atoms with Crippen molar-refractivity contribution >= 4 is 29.1 Å². The van der Waals surface area contributed by atoms with E-state index in [2.05, 4.69) is 27.2 Å². The zero-order chi connectivity index (χ0) is 25.8. The minimum absolute atomic E-state index is 0.0451. The Hall–Kier alpha value is -4.16. The summed E-state index contributed by atoms with van der Waals surface area (Å²) in [6.07, 6.45) is 4.83. The number of nitrogens with one attached hydrogen (secondary N) is 1. The predicted octanol–water partition coefficient (Wildman–Crippen LogP) is 2.53. The fourth-order valence-electron chi connectivity index (χ4n) is 4.88. The molecule has 2 aliphatic heterocycles. The third kappa shape index (κ3) is 5.20. The Morgan fingerprint density at radius 1 is 1.16 bits per heavy atom. The summed E-state index contributed by atoms with van der Waals surface area (Å²) in [5.41, 5.74) is 2.38. The highest BCUT2D eigenvalue weighted by Gasteiger charge is 2.24. The highest BCUT2D eigenvalue weighted by molar-refractivity contribution is 6.02. The van der Waals surface area contributed by atoms with Gasteiger partial charge in [0, 0.05) is 51.2 Å². The van der Waals surface area contributed by atoms with Gasteiger partial charge in [-0.1, -0.05) is 24.3 Å². The van der Waals surface area contributed by atoms with Crippen LogP contribution in [0.1, 0.15) is 24.0 Å². The third-order valence-corrected chi connectivity index (χ3v) is 6.93. The largest absolute Gasteiger partial charge is 0.376 e. The number of hydrogen-bond acceptors (Lipinski definition) is 7. The lowest BCUT2D eigenvalue weighted by Gasteiger charge is -2.37. The van der Waals surface area contributed by atoms with Gasteiger partial charge in [-0.3, -0.25) is 14.0 Å². The van der Waals surface area contributed by atoms with E-state index in [1.54, 1.807) is 12.3 Å². The number of carbonyl (C=O) groups is 1. The minimum atomic E-state index is -0.522. The molecule has 2 saturated heterocycles. The van der Waals surface area contributed by atoms with E-state index in [0.717, 1.165) is 37.2 Å². The van der Waals surface area contributed by atoms with Gasteiger partial charge in [-0.15, -0.1) is 0 Å². The average molecular weight is 499 g/mol.